The van der Waals surface area contributed by atoms with Gasteiger partial charge in [-0.2, -0.15) is 0 Å². The lowest BCUT2D eigenvalue weighted by molar-refractivity contribution is 0.0885. The van der Waals surface area contributed by atoms with Gasteiger partial charge in [-0.3, -0.25) is 0 Å². The van der Waals surface area contributed by atoms with Crippen molar-refractivity contribution in [1.82, 2.24) is 0 Å². The Kier molecular flexibility index (Phi) is 2.83. The van der Waals surface area contributed by atoms with Gasteiger partial charge in [0.15, 0.2) is 0 Å². The van der Waals surface area contributed by atoms with Crippen LogP contribution in [0.25, 0.3) is 0 Å². The fraction of sp³-hybridized carbons (Fsp3) is 1.00. The summed E-state index contributed by atoms with van der Waals surface area (Å²) in [6, 6.07) is -0.00292. The monoisotopic (exact) mass is 236 g/mol. The zero-order chi connectivity index (χ0) is 6.85. The van der Waals surface area contributed by atoms with Crippen LogP contribution in [0.3, 0.4) is 0 Å². The van der Waals surface area contributed by atoms with Crippen molar-refractivity contribution < 1.29 is 4.74 Å². The van der Waals surface area contributed by atoms with E-state index in [2.05, 4.69) is 29.5 Å². The summed E-state index contributed by atoms with van der Waals surface area (Å²) in [6.45, 7) is 2.13. The summed E-state index contributed by atoms with van der Waals surface area (Å²) in [4.78, 5) is 0. The standard InChI is InChI=1S/C6H10BIO/c1-2-5-4(8)3-6(7)9-5/h4-6H,2-3H2,1H3/t4-,5+,6+/m0/s1. The van der Waals surface area contributed by atoms with Crippen LogP contribution in [-0.2, 0) is 4.74 Å². The lowest BCUT2D eigenvalue weighted by Gasteiger charge is -2.09. The Morgan fingerprint density at radius 2 is 2.44 bits per heavy atom. The summed E-state index contributed by atoms with van der Waals surface area (Å²) in [7, 11) is 5.56. The normalized spacial score (nSPS) is 43.6. The van der Waals surface area contributed by atoms with Crippen molar-refractivity contribution in [3.05, 3.63) is 0 Å². The number of halogens is 1. The number of hydrogen-bond donors (Lipinski definition) is 0. The van der Waals surface area contributed by atoms with Crippen LogP contribution < -0.4 is 0 Å². The molecule has 1 rings (SSSR count). The second kappa shape index (κ2) is 3.24. The summed E-state index contributed by atoms with van der Waals surface area (Å²) < 4.78 is 6.02. The Hall–Kier alpha value is 0.755. The van der Waals surface area contributed by atoms with E-state index in [1.165, 1.54) is 0 Å². The lowest BCUT2D eigenvalue weighted by Crippen LogP contribution is -2.13. The molecule has 1 fully saturated rings. The van der Waals surface area contributed by atoms with Crippen molar-refractivity contribution in [1.29, 1.82) is 0 Å². The molecule has 0 N–H and O–H groups in total. The van der Waals surface area contributed by atoms with Crippen LogP contribution in [0.4, 0.5) is 0 Å². The van der Waals surface area contributed by atoms with E-state index in [9.17, 15) is 0 Å². The van der Waals surface area contributed by atoms with Gasteiger partial charge in [-0.05, 0) is 12.8 Å². The first-order valence-electron chi connectivity index (χ1n) is 3.29. The van der Waals surface area contributed by atoms with Crippen molar-refractivity contribution in [2.45, 2.75) is 35.8 Å². The SMILES string of the molecule is [B][C@H]1C[C@H](I)[C@@H](CC)O1. The zero-order valence-corrected chi connectivity index (χ0v) is 7.67. The molecule has 0 aliphatic carbocycles. The highest BCUT2D eigenvalue weighted by molar-refractivity contribution is 14.1. The summed E-state index contributed by atoms with van der Waals surface area (Å²) in [6.07, 6.45) is 2.50. The molecule has 0 saturated carbocycles. The molecule has 50 valence electrons. The van der Waals surface area contributed by atoms with E-state index >= 15 is 0 Å². The minimum Gasteiger partial charge on any atom is -0.384 e. The van der Waals surface area contributed by atoms with Gasteiger partial charge in [0.1, 0.15) is 7.85 Å². The Balaban J connectivity index is 2.38. The van der Waals surface area contributed by atoms with Crippen molar-refractivity contribution in [3.8, 4) is 0 Å². The molecule has 1 heterocycles. The summed E-state index contributed by atoms with van der Waals surface area (Å²) >= 11 is 2.40. The van der Waals surface area contributed by atoms with Crippen LogP contribution in [0, 0.1) is 0 Å². The summed E-state index contributed by atoms with van der Waals surface area (Å²) in [5.74, 6) is 0. The van der Waals surface area contributed by atoms with E-state index in [4.69, 9.17) is 12.6 Å². The fourth-order valence-electron chi connectivity index (χ4n) is 1.09. The molecule has 0 bridgehead atoms. The summed E-state index contributed by atoms with van der Waals surface area (Å²) in [5.41, 5.74) is 0. The number of ether oxygens (including phenoxy) is 1. The maximum Gasteiger partial charge on any atom is 0.109 e. The molecule has 1 saturated heterocycles. The smallest absolute Gasteiger partial charge is 0.109 e. The highest BCUT2D eigenvalue weighted by Gasteiger charge is 2.28. The van der Waals surface area contributed by atoms with Crippen LogP contribution in [0.5, 0.6) is 0 Å². The third-order valence-electron chi connectivity index (χ3n) is 1.61. The van der Waals surface area contributed by atoms with Gasteiger partial charge in [0, 0.05) is 9.93 Å². The van der Waals surface area contributed by atoms with Gasteiger partial charge in [0.25, 0.3) is 0 Å². The predicted octanol–water partition coefficient (Wildman–Crippen LogP) is 1.48. The first kappa shape index (κ1) is 7.86. The minimum atomic E-state index is -0.00292. The van der Waals surface area contributed by atoms with Crippen LogP contribution in [0.1, 0.15) is 19.8 Å². The van der Waals surface area contributed by atoms with E-state index in [1.54, 1.807) is 0 Å². The van der Waals surface area contributed by atoms with Gasteiger partial charge in [0.2, 0.25) is 0 Å². The summed E-state index contributed by atoms with van der Waals surface area (Å²) in [5, 5.41) is 0. The molecule has 0 amide bonds. The van der Waals surface area contributed by atoms with Crippen LogP contribution >= 0.6 is 22.6 Å². The van der Waals surface area contributed by atoms with E-state index < -0.39 is 0 Å². The highest BCUT2D eigenvalue weighted by atomic mass is 127. The molecule has 0 aromatic heterocycles. The van der Waals surface area contributed by atoms with Gasteiger partial charge in [-0.25, -0.2) is 0 Å². The van der Waals surface area contributed by atoms with Gasteiger partial charge in [-0.1, -0.05) is 29.5 Å². The second-order valence-corrected chi connectivity index (χ2v) is 3.97. The van der Waals surface area contributed by atoms with Gasteiger partial charge in [-0.15, -0.1) is 0 Å². The van der Waals surface area contributed by atoms with E-state index in [0.29, 0.717) is 10.0 Å². The molecule has 1 nitrogen and oxygen atoms in total. The molecule has 0 spiro atoms. The minimum absolute atomic E-state index is 0.00292. The third kappa shape index (κ3) is 1.83. The molecular weight excluding hydrogens is 226 g/mol. The molecule has 3 atom stereocenters. The molecule has 3 heteroatoms. The second-order valence-electron chi connectivity index (χ2n) is 2.37. The van der Waals surface area contributed by atoms with E-state index in [1.807, 2.05) is 0 Å². The fourth-order valence-corrected chi connectivity index (χ4v) is 2.27. The Labute approximate surface area is 71.1 Å². The molecule has 2 radical (unpaired) electrons. The van der Waals surface area contributed by atoms with Crippen LogP contribution in [-0.4, -0.2) is 23.9 Å². The first-order chi connectivity index (χ1) is 4.24. The predicted molar refractivity (Wildman–Crippen MR) is 47.1 cm³/mol. The molecular formula is C6H10BIO. The maximum atomic E-state index is 5.56. The van der Waals surface area contributed by atoms with Crippen molar-refractivity contribution in [2.24, 2.45) is 0 Å². The highest BCUT2D eigenvalue weighted by Crippen LogP contribution is 2.27. The van der Waals surface area contributed by atoms with E-state index in [-0.39, 0.29) is 6.00 Å². The quantitative estimate of drug-likeness (QED) is 0.380. The largest absolute Gasteiger partial charge is 0.384 e. The third-order valence-corrected chi connectivity index (χ3v) is 2.92. The zero-order valence-electron chi connectivity index (χ0n) is 5.51. The Morgan fingerprint density at radius 3 is 2.67 bits per heavy atom. The van der Waals surface area contributed by atoms with E-state index in [0.717, 1.165) is 12.8 Å². The Bertz CT molecular complexity index is 99.1. The molecule has 1 aliphatic rings. The Morgan fingerprint density at radius 1 is 1.78 bits per heavy atom. The maximum absolute atomic E-state index is 5.56. The molecule has 0 unspecified atom stereocenters. The van der Waals surface area contributed by atoms with Gasteiger partial charge < -0.3 is 4.74 Å². The van der Waals surface area contributed by atoms with Gasteiger partial charge in [0.05, 0.1) is 6.10 Å². The van der Waals surface area contributed by atoms with Crippen molar-refractivity contribution in [2.75, 3.05) is 0 Å². The number of hydrogen-bond acceptors (Lipinski definition) is 1. The molecule has 1 aliphatic heterocycles. The number of alkyl halides is 1. The van der Waals surface area contributed by atoms with Crippen LogP contribution in [0.2, 0.25) is 0 Å². The topological polar surface area (TPSA) is 9.23 Å². The average molecular weight is 236 g/mol. The average Bonchev–Trinajstić information content (AvgIpc) is 2.10. The van der Waals surface area contributed by atoms with Gasteiger partial charge >= 0.3 is 0 Å². The first-order valence-corrected chi connectivity index (χ1v) is 4.53. The number of rotatable bonds is 1. The molecule has 9 heavy (non-hydrogen) atoms. The van der Waals surface area contributed by atoms with Crippen molar-refractivity contribution >= 4 is 30.4 Å². The van der Waals surface area contributed by atoms with Crippen LogP contribution in [0.15, 0.2) is 0 Å². The molecule has 0 aromatic rings. The molecule has 0 aromatic carbocycles. The lowest BCUT2D eigenvalue weighted by atomic mass is 9.97. The van der Waals surface area contributed by atoms with Crippen molar-refractivity contribution in [3.63, 3.8) is 0 Å².